The highest BCUT2D eigenvalue weighted by atomic mass is 32.2. The lowest BCUT2D eigenvalue weighted by molar-refractivity contribution is -0.385. The van der Waals surface area contributed by atoms with Crippen molar-refractivity contribution >= 4 is 21.6 Å². The van der Waals surface area contributed by atoms with Gasteiger partial charge in [0.25, 0.3) is 11.6 Å². The van der Waals surface area contributed by atoms with E-state index in [0.717, 1.165) is 18.9 Å². The first kappa shape index (κ1) is 23.7. The molecule has 0 radical (unpaired) electrons. The minimum atomic E-state index is -3.90. The molecule has 1 aliphatic rings. The van der Waals surface area contributed by atoms with Crippen LogP contribution >= 0.6 is 0 Å². The Labute approximate surface area is 187 Å². The standard InChI is InChI=1S/C22H27N3O6S/c1-3-4-15-31-20-9-6-18(7-10-20)22(26)23-11-13-24(14-12-23)32(29,30)21-16-19(25(27)28)8-5-17(21)2/h5-10,16H,3-4,11-15H2,1-2H3. The quantitative estimate of drug-likeness (QED) is 0.339. The van der Waals surface area contributed by atoms with Gasteiger partial charge in [0.2, 0.25) is 10.0 Å². The smallest absolute Gasteiger partial charge is 0.270 e. The number of amides is 1. The Morgan fingerprint density at radius 3 is 2.34 bits per heavy atom. The van der Waals surface area contributed by atoms with Crippen LogP contribution in [0.2, 0.25) is 0 Å². The molecule has 0 N–H and O–H groups in total. The van der Waals surface area contributed by atoms with Gasteiger partial charge >= 0.3 is 0 Å². The molecule has 0 unspecified atom stereocenters. The second kappa shape index (κ2) is 10.1. The average molecular weight is 462 g/mol. The monoisotopic (exact) mass is 461 g/mol. The molecule has 0 aromatic heterocycles. The summed E-state index contributed by atoms with van der Waals surface area (Å²) in [5.41, 5.74) is 0.680. The highest BCUT2D eigenvalue weighted by Crippen LogP contribution is 2.26. The second-order valence-corrected chi connectivity index (χ2v) is 9.54. The van der Waals surface area contributed by atoms with E-state index in [1.807, 2.05) is 0 Å². The zero-order valence-electron chi connectivity index (χ0n) is 18.2. The molecule has 1 saturated heterocycles. The van der Waals surface area contributed by atoms with Gasteiger partial charge in [0, 0.05) is 43.9 Å². The van der Waals surface area contributed by atoms with Crippen molar-refractivity contribution < 1.29 is 22.9 Å². The summed E-state index contributed by atoms with van der Waals surface area (Å²) in [6, 6.07) is 10.7. The SMILES string of the molecule is CCCCOc1ccc(C(=O)N2CCN(S(=O)(=O)c3cc([N+](=O)[O-])ccc3C)CC2)cc1. The maximum atomic E-state index is 13.1. The normalized spacial score (nSPS) is 14.9. The maximum absolute atomic E-state index is 13.1. The van der Waals surface area contributed by atoms with Gasteiger partial charge in [-0.3, -0.25) is 14.9 Å². The Kier molecular flexibility index (Phi) is 7.47. The summed E-state index contributed by atoms with van der Waals surface area (Å²) in [4.78, 5) is 24.8. The summed E-state index contributed by atoms with van der Waals surface area (Å²) >= 11 is 0. The van der Waals surface area contributed by atoms with Crippen LogP contribution in [0.5, 0.6) is 5.75 Å². The van der Waals surface area contributed by atoms with Gasteiger partial charge in [-0.15, -0.1) is 0 Å². The number of piperazine rings is 1. The van der Waals surface area contributed by atoms with Crippen LogP contribution in [0.25, 0.3) is 0 Å². The van der Waals surface area contributed by atoms with E-state index in [4.69, 9.17) is 4.74 Å². The number of rotatable bonds is 8. The van der Waals surface area contributed by atoms with Crippen molar-refractivity contribution in [2.45, 2.75) is 31.6 Å². The number of nitrogens with zero attached hydrogens (tertiary/aromatic N) is 3. The summed E-state index contributed by atoms with van der Waals surface area (Å²) in [5.74, 6) is 0.534. The van der Waals surface area contributed by atoms with E-state index in [-0.39, 0.29) is 42.7 Å². The molecule has 1 fully saturated rings. The fraction of sp³-hybridized carbons (Fsp3) is 0.409. The van der Waals surface area contributed by atoms with Gasteiger partial charge < -0.3 is 9.64 Å². The summed E-state index contributed by atoms with van der Waals surface area (Å²) < 4.78 is 33.0. The number of aryl methyl sites for hydroxylation is 1. The molecule has 10 heteroatoms. The van der Waals surface area contributed by atoms with Crippen LogP contribution in [0, 0.1) is 17.0 Å². The number of ether oxygens (including phenoxy) is 1. The molecule has 0 saturated carbocycles. The van der Waals surface area contributed by atoms with Gasteiger partial charge in [0.1, 0.15) is 5.75 Å². The fourth-order valence-corrected chi connectivity index (χ4v) is 5.13. The number of nitro benzene ring substituents is 1. The molecule has 9 nitrogen and oxygen atoms in total. The lowest BCUT2D eigenvalue weighted by Gasteiger charge is -2.34. The number of benzene rings is 2. The Bertz CT molecular complexity index is 1080. The van der Waals surface area contributed by atoms with Crippen molar-refractivity contribution in [1.29, 1.82) is 0 Å². The number of carbonyl (C=O) groups excluding carboxylic acids is 1. The van der Waals surface area contributed by atoms with E-state index in [0.29, 0.717) is 23.5 Å². The third-order valence-corrected chi connectivity index (χ3v) is 7.43. The third-order valence-electron chi connectivity index (χ3n) is 5.39. The number of hydrogen-bond acceptors (Lipinski definition) is 6. The predicted octanol–water partition coefficient (Wildman–Crippen LogP) is 3.23. The second-order valence-electron chi connectivity index (χ2n) is 7.63. The van der Waals surface area contributed by atoms with Gasteiger partial charge in [0.15, 0.2) is 0 Å². The maximum Gasteiger partial charge on any atom is 0.270 e. The molecule has 1 heterocycles. The Balaban J connectivity index is 1.65. The summed E-state index contributed by atoms with van der Waals surface area (Å²) in [7, 11) is -3.90. The zero-order chi connectivity index (χ0) is 23.3. The molecule has 0 bridgehead atoms. The van der Waals surface area contributed by atoms with Crippen LogP contribution < -0.4 is 4.74 Å². The van der Waals surface area contributed by atoms with Gasteiger partial charge in [0.05, 0.1) is 16.4 Å². The molecule has 1 amide bonds. The van der Waals surface area contributed by atoms with Gasteiger partial charge in [-0.05, 0) is 43.2 Å². The minimum absolute atomic E-state index is 0.0786. The van der Waals surface area contributed by atoms with Crippen LogP contribution in [0.1, 0.15) is 35.7 Å². The van der Waals surface area contributed by atoms with Crippen molar-refractivity contribution in [1.82, 2.24) is 9.21 Å². The van der Waals surface area contributed by atoms with Gasteiger partial charge in [-0.2, -0.15) is 4.31 Å². The minimum Gasteiger partial charge on any atom is -0.494 e. The Morgan fingerprint density at radius 1 is 1.09 bits per heavy atom. The van der Waals surface area contributed by atoms with Crippen LogP contribution in [0.3, 0.4) is 0 Å². The lowest BCUT2D eigenvalue weighted by Crippen LogP contribution is -2.50. The van der Waals surface area contributed by atoms with E-state index < -0.39 is 14.9 Å². The van der Waals surface area contributed by atoms with E-state index in [1.165, 1.54) is 16.4 Å². The van der Waals surface area contributed by atoms with Crippen molar-refractivity contribution in [3.8, 4) is 5.75 Å². The lowest BCUT2D eigenvalue weighted by atomic mass is 10.2. The molecule has 0 aliphatic carbocycles. The molecule has 172 valence electrons. The van der Waals surface area contributed by atoms with Crippen LogP contribution in [0.15, 0.2) is 47.4 Å². The average Bonchev–Trinajstić information content (AvgIpc) is 2.79. The highest BCUT2D eigenvalue weighted by Gasteiger charge is 2.32. The molecule has 3 rings (SSSR count). The molecule has 0 spiro atoms. The number of hydrogen-bond donors (Lipinski definition) is 0. The fourth-order valence-electron chi connectivity index (χ4n) is 3.46. The Hall–Kier alpha value is -2.98. The largest absolute Gasteiger partial charge is 0.494 e. The number of sulfonamides is 1. The van der Waals surface area contributed by atoms with Crippen LogP contribution in [-0.2, 0) is 10.0 Å². The van der Waals surface area contributed by atoms with Crippen molar-refractivity contribution in [2.75, 3.05) is 32.8 Å². The molecule has 0 atom stereocenters. The molecular weight excluding hydrogens is 434 g/mol. The van der Waals surface area contributed by atoms with Crippen LogP contribution in [-0.4, -0.2) is 61.2 Å². The molecular formula is C22H27N3O6S. The third kappa shape index (κ3) is 5.25. The molecule has 1 aliphatic heterocycles. The first-order chi connectivity index (χ1) is 15.2. The first-order valence-corrected chi connectivity index (χ1v) is 12.0. The van der Waals surface area contributed by atoms with Gasteiger partial charge in [-0.25, -0.2) is 8.42 Å². The molecule has 32 heavy (non-hydrogen) atoms. The van der Waals surface area contributed by atoms with E-state index in [2.05, 4.69) is 6.92 Å². The number of non-ortho nitro benzene ring substituents is 1. The predicted molar refractivity (Wildman–Crippen MR) is 119 cm³/mol. The summed E-state index contributed by atoms with van der Waals surface area (Å²) in [6.07, 6.45) is 2.00. The van der Waals surface area contributed by atoms with Crippen LogP contribution in [0.4, 0.5) is 5.69 Å². The van der Waals surface area contributed by atoms with E-state index in [1.54, 1.807) is 36.1 Å². The van der Waals surface area contributed by atoms with E-state index >= 15 is 0 Å². The Morgan fingerprint density at radius 2 is 1.75 bits per heavy atom. The number of unbranched alkanes of at least 4 members (excludes halogenated alkanes) is 1. The number of nitro groups is 1. The van der Waals surface area contributed by atoms with Gasteiger partial charge in [-0.1, -0.05) is 19.4 Å². The zero-order valence-corrected chi connectivity index (χ0v) is 19.0. The van der Waals surface area contributed by atoms with Crippen molar-refractivity contribution in [2.24, 2.45) is 0 Å². The van der Waals surface area contributed by atoms with Crippen molar-refractivity contribution in [3.05, 3.63) is 63.7 Å². The molecule has 2 aromatic carbocycles. The first-order valence-electron chi connectivity index (χ1n) is 10.5. The number of carbonyl (C=O) groups is 1. The highest BCUT2D eigenvalue weighted by molar-refractivity contribution is 7.89. The van der Waals surface area contributed by atoms with Crippen molar-refractivity contribution in [3.63, 3.8) is 0 Å². The topological polar surface area (TPSA) is 110 Å². The summed E-state index contributed by atoms with van der Waals surface area (Å²) in [5, 5.41) is 11.1. The molecule has 2 aromatic rings. The summed E-state index contributed by atoms with van der Waals surface area (Å²) in [6.45, 7) is 5.03. The van der Waals surface area contributed by atoms with E-state index in [9.17, 15) is 23.3 Å².